The van der Waals surface area contributed by atoms with Crippen molar-refractivity contribution >= 4 is 39.2 Å². The molecule has 0 aliphatic carbocycles. The summed E-state index contributed by atoms with van der Waals surface area (Å²) < 4.78 is 36.8. The molecule has 174 valence electrons. The fourth-order valence-electron chi connectivity index (χ4n) is 3.51. The van der Waals surface area contributed by atoms with Crippen LogP contribution in [-0.2, 0) is 27.8 Å². The van der Waals surface area contributed by atoms with E-state index in [1.807, 2.05) is 24.3 Å². The molecule has 1 fully saturated rings. The molecule has 0 saturated carbocycles. The van der Waals surface area contributed by atoms with Crippen molar-refractivity contribution in [2.75, 3.05) is 45.1 Å². The summed E-state index contributed by atoms with van der Waals surface area (Å²) >= 11 is 11.9. The van der Waals surface area contributed by atoms with E-state index in [0.717, 1.165) is 31.1 Å². The van der Waals surface area contributed by atoms with Crippen molar-refractivity contribution < 1.29 is 22.5 Å². The molecule has 7 nitrogen and oxygen atoms in total. The quantitative estimate of drug-likeness (QED) is 0.532. The van der Waals surface area contributed by atoms with E-state index in [9.17, 15) is 13.2 Å². The summed E-state index contributed by atoms with van der Waals surface area (Å²) in [5.41, 5.74) is 1.75. The van der Waals surface area contributed by atoms with E-state index in [-0.39, 0.29) is 18.9 Å². The third-order valence-electron chi connectivity index (χ3n) is 5.36. The molecule has 1 heterocycles. The first-order valence-electron chi connectivity index (χ1n) is 10.3. The van der Waals surface area contributed by atoms with Crippen LogP contribution in [0.2, 0.25) is 10.0 Å². The summed E-state index contributed by atoms with van der Waals surface area (Å²) in [6.45, 7) is 3.60. The predicted molar refractivity (Wildman–Crippen MR) is 125 cm³/mol. The molecule has 0 bridgehead atoms. The van der Waals surface area contributed by atoms with E-state index in [4.69, 9.17) is 32.5 Å². The minimum Gasteiger partial charge on any atom is -0.483 e. The van der Waals surface area contributed by atoms with Crippen molar-refractivity contribution in [2.24, 2.45) is 0 Å². The summed E-state index contributed by atoms with van der Waals surface area (Å²) in [6, 6.07) is 12.6. The van der Waals surface area contributed by atoms with E-state index >= 15 is 0 Å². The van der Waals surface area contributed by atoms with Crippen LogP contribution in [0.1, 0.15) is 11.1 Å². The fraction of sp³-hybridized carbons (Fsp3) is 0.409. The number of benzene rings is 2. The van der Waals surface area contributed by atoms with Crippen LogP contribution in [0.5, 0.6) is 5.75 Å². The molecule has 3 rings (SSSR count). The van der Waals surface area contributed by atoms with Crippen LogP contribution in [0, 0.1) is 0 Å². The molecular formula is C22H26Cl2N2O5S. The van der Waals surface area contributed by atoms with Crippen LogP contribution >= 0.6 is 23.2 Å². The molecule has 1 N–H and O–H groups in total. The van der Waals surface area contributed by atoms with Crippen molar-refractivity contribution in [1.82, 2.24) is 9.80 Å². The molecule has 0 radical (unpaired) electrons. The van der Waals surface area contributed by atoms with Crippen LogP contribution < -0.4 is 4.74 Å². The number of nitrogens with zero attached hydrogens (tertiary/aromatic N) is 2. The zero-order valence-electron chi connectivity index (χ0n) is 17.5. The highest BCUT2D eigenvalue weighted by Crippen LogP contribution is 2.24. The van der Waals surface area contributed by atoms with Gasteiger partial charge in [-0.25, -0.2) is 0 Å². The Balaban J connectivity index is 1.45. The Morgan fingerprint density at radius 2 is 1.62 bits per heavy atom. The molecule has 32 heavy (non-hydrogen) atoms. The Labute approximate surface area is 198 Å². The molecule has 0 unspecified atom stereocenters. The van der Waals surface area contributed by atoms with E-state index in [1.54, 1.807) is 23.1 Å². The SMILES string of the molecule is O=C(COc1ccc(Cl)cc1CCS(=O)(=O)O)N1CCN(CCc2ccc(Cl)cc2)CC1. The molecular weight excluding hydrogens is 475 g/mol. The standard InChI is InChI=1S/C22H26Cl2N2O5S/c23-19-3-1-17(2-4-19)7-9-25-10-12-26(13-11-25)22(27)16-31-21-6-5-20(24)15-18(21)8-14-32(28,29)30/h1-6,15H,7-14,16H2,(H,28,29,30). The van der Waals surface area contributed by atoms with Crippen LogP contribution in [0.3, 0.4) is 0 Å². The molecule has 1 amide bonds. The van der Waals surface area contributed by atoms with E-state index in [2.05, 4.69) is 4.90 Å². The third-order valence-corrected chi connectivity index (χ3v) is 6.57. The molecule has 0 aromatic heterocycles. The van der Waals surface area contributed by atoms with Gasteiger partial charge in [-0.05, 0) is 54.3 Å². The average Bonchev–Trinajstić information content (AvgIpc) is 2.76. The maximum atomic E-state index is 12.6. The number of hydrogen-bond donors (Lipinski definition) is 1. The smallest absolute Gasteiger partial charge is 0.265 e. The summed E-state index contributed by atoms with van der Waals surface area (Å²) in [5, 5.41) is 1.15. The number of rotatable bonds is 9. The highest BCUT2D eigenvalue weighted by molar-refractivity contribution is 7.85. The second-order valence-electron chi connectivity index (χ2n) is 7.68. The Bertz CT molecular complexity index is 1020. The summed E-state index contributed by atoms with van der Waals surface area (Å²) in [7, 11) is -4.11. The summed E-state index contributed by atoms with van der Waals surface area (Å²) in [6.07, 6.45) is 0.965. The van der Waals surface area contributed by atoms with E-state index < -0.39 is 15.9 Å². The predicted octanol–water partition coefficient (Wildman–Crippen LogP) is 3.19. The monoisotopic (exact) mass is 500 g/mol. The van der Waals surface area contributed by atoms with Crippen LogP contribution in [0.25, 0.3) is 0 Å². The van der Waals surface area contributed by atoms with Crippen LogP contribution in [0.15, 0.2) is 42.5 Å². The minimum absolute atomic E-state index is 0.0369. The van der Waals surface area contributed by atoms with Gasteiger partial charge < -0.3 is 9.64 Å². The van der Waals surface area contributed by atoms with Gasteiger partial charge in [0.1, 0.15) is 5.75 Å². The molecule has 1 aliphatic heterocycles. The summed E-state index contributed by atoms with van der Waals surface area (Å²) in [5.74, 6) is -0.193. The van der Waals surface area contributed by atoms with Gasteiger partial charge in [0.15, 0.2) is 6.61 Å². The molecule has 10 heteroatoms. The molecule has 2 aromatic rings. The number of amides is 1. The topological polar surface area (TPSA) is 87.1 Å². The lowest BCUT2D eigenvalue weighted by molar-refractivity contribution is -0.135. The van der Waals surface area contributed by atoms with Gasteiger partial charge in [-0.2, -0.15) is 8.42 Å². The normalized spacial score (nSPS) is 15.0. The second-order valence-corrected chi connectivity index (χ2v) is 10.1. The lowest BCUT2D eigenvalue weighted by atomic mass is 10.1. The minimum atomic E-state index is -4.11. The van der Waals surface area contributed by atoms with Crippen molar-refractivity contribution in [1.29, 1.82) is 0 Å². The Kier molecular flexibility index (Phi) is 8.79. The number of carbonyl (C=O) groups is 1. The number of carbonyl (C=O) groups excluding carboxylic acids is 1. The number of aryl methyl sites for hydroxylation is 1. The molecule has 0 atom stereocenters. The Hall–Kier alpha value is -1.84. The molecule has 2 aromatic carbocycles. The average molecular weight is 501 g/mol. The number of ether oxygens (including phenoxy) is 1. The maximum absolute atomic E-state index is 12.6. The first-order valence-corrected chi connectivity index (χ1v) is 12.7. The van der Waals surface area contributed by atoms with E-state index in [0.29, 0.717) is 29.4 Å². The first-order chi connectivity index (χ1) is 15.2. The number of halogens is 2. The molecule has 1 aliphatic rings. The molecule has 1 saturated heterocycles. The van der Waals surface area contributed by atoms with Gasteiger partial charge in [0.2, 0.25) is 0 Å². The van der Waals surface area contributed by atoms with Gasteiger partial charge in [-0.15, -0.1) is 0 Å². The second kappa shape index (κ2) is 11.3. The van der Waals surface area contributed by atoms with E-state index in [1.165, 1.54) is 5.56 Å². The van der Waals surface area contributed by atoms with Gasteiger partial charge in [0, 0.05) is 42.8 Å². The third kappa shape index (κ3) is 7.94. The van der Waals surface area contributed by atoms with Crippen molar-refractivity contribution in [3.63, 3.8) is 0 Å². The van der Waals surface area contributed by atoms with Crippen LogP contribution in [0.4, 0.5) is 0 Å². The lowest BCUT2D eigenvalue weighted by Gasteiger charge is -2.34. The zero-order chi connectivity index (χ0) is 23.1. The van der Waals surface area contributed by atoms with Crippen LogP contribution in [-0.4, -0.2) is 73.8 Å². The first kappa shape index (κ1) is 24.8. The lowest BCUT2D eigenvalue weighted by Crippen LogP contribution is -2.50. The van der Waals surface area contributed by atoms with Gasteiger partial charge in [-0.3, -0.25) is 14.2 Å². The highest BCUT2D eigenvalue weighted by atomic mass is 35.5. The van der Waals surface area contributed by atoms with Crippen molar-refractivity contribution in [3.05, 3.63) is 63.6 Å². The highest BCUT2D eigenvalue weighted by Gasteiger charge is 2.21. The number of hydrogen-bond acceptors (Lipinski definition) is 5. The van der Waals surface area contributed by atoms with Crippen molar-refractivity contribution in [3.8, 4) is 5.75 Å². The number of piperazine rings is 1. The molecule has 0 spiro atoms. The largest absolute Gasteiger partial charge is 0.483 e. The Morgan fingerprint density at radius 3 is 2.28 bits per heavy atom. The fourth-order valence-corrected chi connectivity index (χ4v) is 4.31. The van der Waals surface area contributed by atoms with Gasteiger partial charge in [-0.1, -0.05) is 35.3 Å². The maximum Gasteiger partial charge on any atom is 0.265 e. The van der Waals surface area contributed by atoms with Gasteiger partial charge >= 0.3 is 0 Å². The van der Waals surface area contributed by atoms with Crippen molar-refractivity contribution in [2.45, 2.75) is 12.8 Å². The summed E-state index contributed by atoms with van der Waals surface area (Å²) in [4.78, 5) is 16.7. The Morgan fingerprint density at radius 1 is 0.969 bits per heavy atom. The van der Waals surface area contributed by atoms with Gasteiger partial charge in [0.05, 0.1) is 5.75 Å². The van der Waals surface area contributed by atoms with Gasteiger partial charge in [0.25, 0.3) is 16.0 Å². The zero-order valence-corrected chi connectivity index (χ0v) is 19.9.